The van der Waals surface area contributed by atoms with Crippen molar-refractivity contribution in [1.29, 1.82) is 0 Å². The first-order valence-electron chi connectivity index (χ1n) is 15.3. The molecule has 0 aliphatic carbocycles. The second-order valence-electron chi connectivity index (χ2n) is 11.8. The first-order valence-corrected chi connectivity index (χ1v) is 19.2. The molecule has 2 aromatic carbocycles. The molecule has 0 spiro atoms. The predicted octanol–water partition coefficient (Wildman–Crippen LogP) is 4.80. The Labute approximate surface area is 280 Å². The number of anilines is 1. The van der Waals surface area contributed by atoms with Gasteiger partial charge in [0.15, 0.2) is 0 Å². The van der Waals surface area contributed by atoms with Crippen LogP contribution in [0.5, 0.6) is 5.75 Å². The standard InChI is InChI=1S/C32H42FN3O8S3/c1-22-19-36(23(2)21-37)32(38)28-18-26(34-46(39,40)27-13-10-25(33)11-14-27)12-15-29(28)44-24(3)8-5-6-16-43-30(22)20-35(4)47(41,42)31-9-7-17-45-31/h7,9-15,17-18,22-24,30,34,37H,5-6,8,16,19-21H2,1-4H3/t22-,23+,24+,30-/m0/s1. The number of rotatable bonds is 9. The van der Waals surface area contributed by atoms with Gasteiger partial charge >= 0.3 is 0 Å². The highest BCUT2D eigenvalue weighted by Crippen LogP contribution is 2.30. The maximum Gasteiger partial charge on any atom is 0.261 e. The van der Waals surface area contributed by atoms with E-state index >= 15 is 0 Å². The van der Waals surface area contributed by atoms with Crippen LogP contribution in [0.2, 0.25) is 0 Å². The Morgan fingerprint density at radius 2 is 1.83 bits per heavy atom. The third kappa shape index (κ3) is 9.30. The Kier molecular flexibility index (Phi) is 12.4. The van der Waals surface area contributed by atoms with Crippen molar-refractivity contribution < 1.29 is 40.6 Å². The van der Waals surface area contributed by atoms with Crippen LogP contribution in [0.25, 0.3) is 0 Å². The maximum atomic E-state index is 14.3. The molecule has 1 aromatic heterocycles. The van der Waals surface area contributed by atoms with E-state index in [-0.39, 0.29) is 57.8 Å². The van der Waals surface area contributed by atoms with Gasteiger partial charge in [0.2, 0.25) is 0 Å². The third-order valence-corrected chi connectivity index (χ3v) is 12.6. The largest absolute Gasteiger partial charge is 0.490 e. The maximum absolute atomic E-state index is 14.3. The summed E-state index contributed by atoms with van der Waals surface area (Å²) in [7, 11) is -6.37. The normalized spacial score (nSPS) is 21.0. The minimum Gasteiger partial charge on any atom is -0.490 e. The third-order valence-electron chi connectivity index (χ3n) is 8.02. The summed E-state index contributed by atoms with van der Waals surface area (Å²) in [5, 5.41) is 11.9. The van der Waals surface area contributed by atoms with Crippen LogP contribution in [0.3, 0.4) is 0 Å². The summed E-state index contributed by atoms with van der Waals surface area (Å²) >= 11 is 1.13. The second kappa shape index (κ2) is 15.9. The molecular weight excluding hydrogens is 670 g/mol. The fraction of sp³-hybridized carbons (Fsp3) is 0.469. The number of fused-ring (bicyclic) bond motifs is 1. The number of aliphatic hydroxyl groups is 1. The summed E-state index contributed by atoms with van der Waals surface area (Å²) < 4.78 is 82.4. The average Bonchev–Trinajstić information content (AvgIpc) is 3.59. The first kappa shape index (κ1) is 36.8. The molecule has 47 heavy (non-hydrogen) atoms. The van der Waals surface area contributed by atoms with Crippen LogP contribution in [0.1, 0.15) is 50.4 Å². The lowest BCUT2D eigenvalue weighted by Crippen LogP contribution is -2.48. The number of nitrogens with zero attached hydrogens (tertiary/aromatic N) is 2. The van der Waals surface area contributed by atoms with E-state index in [1.807, 2.05) is 13.8 Å². The summed E-state index contributed by atoms with van der Waals surface area (Å²) in [5.41, 5.74) is 0.167. The number of nitrogens with one attached hydrogen (secondary N) is 1. The van der Waals surface area contributed by atoms with E-state index in [0.29, 0.717) is 19.4 Å². The zero-order valence-electron chi connectivity index (χ0n) is 26.8. The number of sulfonamides is 2. The highest BCUT2D eigenvalue weighted by Gasteiger charge is 2.33. The first-order chi connectivity index (χ1) is 22.2. The van der Waals surface area contributed by atoms with Gasteiger partial charge in [-0.1, -0.05) is 13.0 Å². The molecule has 0 saturated heterocycles. The van der Waals surface area contributed by atoms with Gasteiger partial charge in [0, 0.05) is 38.3 Å². The summed E-state index contributed by atoms with van der Waals surface area (Å²) in [6, 6.07) is 11.3. The quantitative estimate of drug-likeness (QED) is 0.322. The molecule has 1 aliphatic rings. The van der Waals surface area contributed by atoms with E-state index in [2.05, 4.69) is 4.72 Å². The fourth-order valence-electron chi connectivity index (χ4n) is 5.19. The van der Waals surface area contributed by atoms with Gasteiger partial charge in [-0.05, 0) is 87.0 Å². The van der Waals surface area contributed by atoms with Gasteiger partial charge in [-0.2, -0.15) is 4.31 Å². The minimum atomic E-state index is -4.12. The number of aliphatic hydroxyl groups excluding tert-OH is 1. The summed E-state index contributed by atoms with van der Waals surface area (Å²) in [6.07, 6.45) is 1.20. The van der Waals surface area contributed by atoms with Crippen LogP contribution in [-0.4, -0.2) is 88.7 Å². The van der Waals surface area contributed by atoms with Gasteiger partial charge < -0.3 is 19.5 Å². The van der Waals surface area contributed by atoms with Gasteiger partial charge in [-0.15, -0.1) is 11.3 Å². The molecule has 15 heteroatoms. The molecule has 0 unspecified atom stereocenters. The smallest absolute Gasteiger partial charge is 0.261 e. The number of ether oxygens (including phenoxy) is 2. The number of amides is 1. The number of hydrogen-bond donors (Lipinski definition) is 2. The average molecular weight is 712 g/mol. The molecule has 0 radical (unpaired) electrons. The van der Waals surface area contributed by atoms with Gasteiger partial charge in [-0.25, -0.2) is 21.2 Å². The number of benzene rings is 2. The Morgan fingerprint density at radius 1 is 1.11 bits per heavy atom. The summed E-state index contributed by atoms with van der Waals surface area (Å²) in [5.74, 6) is -1.22. The van der Waals surface area contributed by atoms with E-state index in [9.17, 15) is 31.1 Å². The zero-order valence-corrected chi connectivity index (χ0v) is 29.3. The van der Waals surface area contributed by atoms with E-state index in [1.54, 1.807) is 24.4 Å². The molecule has 1 aliphatic heterocycles. The Balaban J connectivity index is 1.68. The monoisotopic (exact) mass is 711 g/mol. The van der Waals surface area contributed by atoms with Crippen molar-refractivity contribution in [1.82, 2.24) is 9.21 Å². The lowest BCUT2D eigenvalue weighted by atomic mass is 10.0. The molecule has 0 fully saturated rings. The van der Waals surface area contributed by atoms with Crippen LogP contribution in [0.15, 0.2) is 69.1 Å². The predicted molar refractivity (Wildman–Crippen MR) is 178 cm³/mol. The molecule has 2 N–H and O–H groups in total. The molecule has 3 aromatic rings. The van der Waals surface area contributed by atoms with E-state index in [4.69, 9.17) is 9.47 Å². The second-order valence-corrected chi connectivity index (χ2v) is 16.7. The molecule has 0 bridgehead atoms. The zero-order chi connectivity index (χ0) is 34.4. The van der Waals surface area contributed by atoms with Gasteiger partial charge in [0.05, 0.1) is 35.3 Å². The van der Waals surface area contributed by atoms with Crippen molar-refractivity contribution in [3.05, 3.63) is 71.4 Å². The molecule has 258 valence electrons. The van der Waals surface area contributed by atoms with Crippen LogP contribution < -0.4 is 9.46 Å². The van der Waals surface area contributed by atoms with Crippen molar-refractivity contribution in [2.75, 3.05) is 38.1 Å². The van der Waals surface area contributed by atoms with E-state index < -0.39 is 43.9 Å². The van der Waals surface area contributed by atoms with E-state index in [1.165, 1.54) is 34.5 Å². The van der Waals surface area contributed by atoms with E-state index in [0.717, 1.165) is 42.0 Å². The topological polar surface area (TPSA) is 143 Å². The highest BCUT2D eigenvalue weighted by atomic mass is 32.2. The molecule has 2 heterocycles. The van der Waals surface area contributed by atoms with Crippen LogP contribution in [0.4, 0.5) is 10.1 Å². The van der Waals surface area contributed by atoms with Crippen molar-refractivity contribution in [2.24, 2.45) is 5.92 Å². The van der Waals surface area contributed by atoms with Gasteiger partial charge in [-0.3, -0.25) is 9.52 Å². The lowest BCUT2D eigenvalue weighted by Gasteiger charge is -2.35. The van der Waals surface area contributed by atoms with Crippen LogP contribution in [-0.2, 0) is 24.8 Å². The Bertz CT molecular complexity index is 1700. The lowest BCUT2D eigenvalue weighted by molar-refractivity contribution is -0.00832. The minimum absolute atomic E-state index is 0.0440. The molecule has 11 nitrogen and oxygen atoms in total. The van der Waals surface area contributed by atoms with Crippen LogP contribution >= 0.6 is 11.3 Å². The number of thiophene rings is 1. The number of carbonyl (C=O) groups is 1. The Morgan fingerprint density at radius 3 is 2.49 bits per heavy atom. The molecular formula is C32H42FN3O8S3. The molecule has 4 rings (SSSR count). The van der Waals surface area contributed by atoms with Crippen molar-refractivity contribution in [2.45, 2.75) is 67.4 Å². The molecule has 1 amide bonds. The van der Waals surface area contributed by atoms with Crippen molar-refractivity contribution in [3.8, 4) is 5.75 Å². The van der Waals surface area contributed by atoms with Gasteiger partial charge in [0.1, 0.15) is 15.8 Å². The molecule has 4 atom stereocenters. The SMILES string of the molecule is C[C@@H]1CCCCO[C@@H](CN(C)S(=O)(=O)c2cccs2)[C@@H](C)CN([C@H](C)CO)C(=O)c2cc(NS(=O)(=O)c3ccc(F)cc3)ccc2O1. The molecule has 0 saturated carbocycles. The number of halogens is 1. The van der Waals surface area contributed by atoms with Crippen molar-refractivity contribution in [3.63, 3.8) is 0 Å². The number of likely N-dealkylation sites (N-methyl/N-ethyl adjacent to an activating group) is 1. The number of hydrogen-bond acceptors (Lipinski definition) is 9. The highest BCUT2D eigenvalue weighted by molar-refractivity contribution is 7.92. The van der Waals surface area contributed by atoms with Crippen LogP contribution in [0, 0.1) is 11.7 Å². The number of carbonyl (C=O) groups excluding carboxylic acids is 1. The Hall–Kier alpha value is -3.08. The summed E-state index contributed by atoms with van der Waals surface area (Å²) in [6.45, 7) is 5.57. The summed E-state index contributed by atoms with van der Waals surface area (Å²) in [4.78, 5) is 15.6. The van der Waals surface area contributed by atoms with Gasteiger partial charge in [0.25, 0.3) is 26.0 Å². The van der Waals surface area contributed by atoms with Crippen molar-refractivity contribution >= 4 is 43.0 Å². The fourth-order valence-corrected chi connectivity index (χ4v) is 8.63.